The largest absolute Gasteiger partial charge is 0.311 e. The van der Waals surface area contributed by atoms with Crippen LogP contribution in [0.4, 0.5) is 0 Å². The fourth-order valence-corrected chi connectivity index (χ4v) is 3.83. The summed E-state index contributed by atoms with van der Waals surface area (Å²) in [6.07, 6.45) is 9.56. The molecule has 1 aliphatic rings. The SMILES string of the molecule is CCC(CC)C(C)NC1CCC(C(C)(C)CC)CC1. The average Bonchev–Trinajstić information content (AvgIpc) is 2.40. The average molecular weight is 268 g/mol. The van der Waals surface area contributed by atoms with E-state index < -0.39 is 0 Å². The molecule has 114 valence electrons. The second-order valence-electron chi connectivity index (χ2n) is 7.42. The Morgan fingerprint density at radius 1 is 1.00 bits per heavy atom. The normalized spacial score (nSPS) is 26.7. The van der Waals surface area contributed by atoms with Gasteiger partial charge in [0.1, 0.15) is 0 Å². The smallest absolute Gasteiger partial charge is 0.00698 e. The van der Waals surface area contributed by atoms with Crippen LogP contribution in [0.2, 0.25) is 0 Å². The van der Waals surface area contributed by atoms with Crippen LogP contribution in [-0.4, -0.2) is 12.1 Å². The van der Waals surface area contributed by atoms with Crippen molar-refractivity contribution < 1.29 is 0 Å². The first-order valence-electron chi connectivity index (χ1n) is 8.70. The number of nitrogens with one attached hydrogen (secondary N) is 1. The molecule has 1 rings (SSSR count). The number of rotatable bonds is 7. The second-order valence-corrected chi connectivity index (χ2v) is 7.42. The van der Waals surface area contributed by atoms with Crippen LogP contribution < -0.4 is 5.32 Å². The third-order valence-electron chi connectivity index (χ3n) is 6.00. The minimum atomic E-state index is 0.548. The molecule has 1 heteroatoms. The summed E-state index contributed by atoms with van der Waals surface area (Å²) in [5.41, 5.74) is 0.548. The lowest BCUT2D eigenvalue weighted by Gasteiger charge is -2.40. The Morgan fingerprint density at radius 2 is 1.53 bits per heavy atom. The molecule has 1 saturated carbocycles. The molecule has 0 bridgehead atoms. The third kappa shape index (κ3) is 4.77. The molecule has 0 aliphatic heterocycles. The molecule has 1 nitrogen and oxygen atoms in total. The number of hydrogen-bond acceptors (Lipinski definition) is 1. The Hall–Kier alpha value is -0.0400. The van der Waals surface area contributed by atoms with Crippen LogP contribution in [-0.2, 0) is 0 Å². The van der Waals surface area contributed by atoms with Crippen molar-refractivity contribution in [1.82, 2.24) is 5.32 Å². The quantitative estimate of drug-likeness (QED) is 0.651. The molecule has 1 N–H and O–H groups in total. The van der Waals surface area contributed by atoms with E-state index in [9.17, 15) is 0 Å². The molecule has 1 fully saturated rings. The molecule has 0 aromatic carbocycles. The van der Waals surface area contributed by atoms with E-state index in [1.807, 2.05) is 0 Å². The van der Waals surface area contributed by atoms with Crippen LogP contribution in [0.15, 0.2) is 0 Å². The molecule has 0 aromatic heterocycles. The Labute approximate surface area is 121 Å². The predicted molar refractivity (Wildman–Crippen MR) is 86.5 cm³/mol. The van der Waals surface area contributed by atoms with Crippen LogP contribution in [0.25, 0.3) is 0 Å². The lowest BCUT2D eigenvalue weighted by Crippen LogP contribution is -2.43. The van der Waals surface area contributed by atoms with Gasteiger partial charge in [-0.15, -0.1) is 0 Å². The summed E-state index contributed by atoms with van der Waals surface area (Å²) in [7, 11) is 0. The summed E-state index contributed by atoms with van der Waals surface area (Å²) in [6, 6.07) is 1.47. The van der Waals surface area contributed by atoms with Crippen LogP contribution >= 0.6 is 0 Å². The van der Waals surface area contributed by atoms with Crippen molar-refractivity contribution >= 4 is 0 Å². The van der Waals surface area contributed by atoms with Gasteiger partial charge < -0.3 is 5.32 Å². The van der Waals surface area contributed by atoms with Gasteiger partial charge in [0.15, 0.2) is 0 Å². The van der Waals surface area contributed by atoms with Crippen molar-refractivity contribution in [2.24, 2.45) is 17.3 Å². The molecule has 19 heavy (non-hydrogen) atoms. The first-order chi connectivity index (χ1) is 8.94. The highest BCUT2D eigenvalue weighted by Gasteiger charge is 2.32. The predicted octanol–water partition coefficient (Wildman–Crippen LogP) is 5.40. The maximum Gasteiger partial charge on any atom is 0.00698 e. The van der Waals surface area contributed by atoms with Gasteiger partial charge in [0.05, 0.1) is 0 Å². The Balaban J connectivity index is 2.38. The van der Waals surface area contributed by atoms with E-state index >= 15 is 0 Å². The summed E-state index contributed by atoms with van der Waals surface area (Å²) >= 11 is 0. The molecule has 0 spiro atoms. The molecule has 0 heterocycles. The summed E-state index contributed by atoms with van der Waals surface area (Å²) in [4.78, 5) is 0. The minimum absolute atomic E-state index is 0.548. The van der Waals surface area contributed by atoms with Crippen LogP contribution in [0.3, 0.4) is 0 Å². The maximum absolute atomic E-state index is 3.91. The molecular formula is C18H37N. The van der Waals surface area contributed by atoms with E-state index in [0.717, 1.165) is 17.9 Å². The Kier molecular flexibility index (Phi) is 6.86. The van der Waals surface area contributed by atoms with Gasteiger partial charge in [-0.2, -0.15) is 0 Å². The lowest BCUT2D eigenvalue weighted by molar-refractivity contribution is 0.131. The zero-order valence-electron chi connectivity index (χ0n) is 14.3. The van der Waals surface area contributed by atoms with Crippen molar-refractivity contribution in [3.8, 4) is 0 Å². The molecule has 0 radical (unpaired) electrons. The van der Waals surface area contributed by atoms with Crippen LogP contribution in [0, 0.1) is 17.3 Å². The fourth-order valence-electron chi connectivity index (χ4n) is 3.83. The molecule has 0 amide bonds. The maximum atomic E-state index is 3.91. The summed E-state index contributed by atoms with van der Waals surface area (Å²) in [5, 5.41) is 3.91. The standard InChI is InChI=1S/C18H37N/c1-7-15(8-2)14(4)19-17-12-10-16(11-13-17)18(5,6)9-3/h14-17,19H,7-13H2,1-6H3. The summed E-state index contributed by atoms with van der Waals surface area (Å²) in [6.45, 7) is 14.3. The van der Waals surface area contributed by atoms with Gasteiger partial charge in [0.25, 0.3) is 0 Å². The molecular weight excluding hydrogens is 230 g/mol. The van der Waals surface area contributed by atoms with Crippen molar-refractivity contribution in [2.75, 3.05) is 0 Å². The van der Waals surface area contributed by atoms with Gasteiger partial charge in [0, 0.05) is 12.1 Å². The molecule has 1 aliphatic carbocycles. The fraction of sp³-hybridized carbons (Fsp3) is 1.00. The van der Waals surface area contributed by atoms with Crippen molar-refractivity contribution in [2.45, 2.75) is 98.6 Å². The van der Waals surface area contributed by atoms with E-state index in [1.165, 1.54) is 44.9 Å². The van der Waals surface area contributed by atoms with Crippen LogP contribution in [0.5, 0.6) is 0 Å². The topological polar surface area (TPSA) is 12.0 Å². The van der Waals surface area contributed by atoms with Gasteiger partial charge in [-0.1, -0.05) is 53.9 Å². The number of hydrogen-bond donors (Lipinski definition) is 1. The molecule has 1 unspecified atom stereocenters. The van der Waals surface area contributed by atoms with Gasteiger partial charge in [0.2, 0.25) is 0 Å². The first-order valence-corrected chi connectivity index (χ1v) is 8.70. The van der Waals surface area contributed by atoms with E-state index in [1.54, 1.807) is 0 Å². The van der Waals surface area contributed by atoms with Gasteiger partial charge in [-0.05, 0) is 49.9 Å². The monoisotopic (exact) mass is 267 g/mol. The van der Waals surface area contributed by atoms with Crippen molar-refractivity contribution in [3.05, 3.63) is 0 Å². The highest BCUT2D eigenvalue weighted by molar-refractivity contribution is 4.86. The zero-order valence-corrected chi connectivity index (χ0v) is 14.3. The van der Waals surface area contributed by atoms with Crippen molar-refractivity contribution in [3.63, 3.8) is 0 Å². The van der Waals surface area contributed by atoms with E-state index in [-0.39, 0.29) is 0 Å². The van der Waals surface area contributed by atoms with Gasteiger partial charge in [-0.25, -0.2) is 0 Å². The van der Waals surface area contributed by atoms with Gasteiger partial charge >= 0.3 is 0 Å². The van der Waals surface area contributed by atoms with Gasteiger partial charge in [-0.3, -0.25) is 0 Å². The van der Waals surface area contributed by atoms with E-state index in [2.05, 4.69) is 46.9 Å². The second kappa shape index (κ2) is 7.67. The third-order valence-corrected chi connectivity index (χ3v) is 6.00. The lowest BCUT2D eigenvalue weighted by atomic mass is 9.69. The molecule has 0 aromatic rings. The Morgan fingerprint density at radius 3 is 1.95 bits per heavy atom. The minimum Gasteiger partial charge on any atom is -0.311 e. The Bertz CT molecular complexity index is 234. The van der Waals surface area contributed by atoms with E-state index in [0.29, 0.717) is 11.5 Å². The van der Waals surface area contributed by atoms with Crippen LogP contribution in [0.1, 0.15) is 86.5 Å². The molecule has 0 saturated heterocycles. The first kappa shape index (κ1) is 17.0. The highest BCUT2D eigenvalue weighted by atomic mass is 15.0. The highest BCUT2D eigenvalue weighted by Crippen LogP contribution is 2.40. The summed E-state index contributed by atoms with van der Waals surface area (Å²) < 4.78 is 0. The molecule has 1 atom stereocenters. The van der Waals surface area contributed by atoms with E-state index in [4.69, 9.17) is 0 Å². The summed E-state index contributed by atoms with van der Waals surface area (Å²) in [5.74, 6) is 1.80. The zero-order chi connectivity index (χ0) is 14.5. The van der Waals surface area contributed by atoms with Crippen molar-refractivity contribution in [1.29, 1.82) is 0 Å².